The zero-order valence-corrected chi connectivity index (χ0v) is 14.3. The SMILES string of the molecule is CC(C)CCC(C)Nc1nccc(CNC(C)(C)C)c1F. The standard InChI is InChI=1S/C17H30FN3/c1-12(2)7-8-13(3)21-16-15(18)14(9-10-19-16)11-20-17(4,5)6/h9-10,12-13,20H,7-8,11H2,1-6H3,(H,19,21). The molecule has 0 aromatic carbocycles. The van der Waals surface area contributed by atoms with Crippen LogP contribution in [0.5, 0.6) is 0 Å². The predicted molar refractivity (Wildman–Crippen MR) is 87.9 cm³/mol. The number of aromatic nitrogens is 1. The highest BCUT2D eigenvalue weighted by molar-refractivity contribution is 5.40. The zero-order chi connectivity index (χ0) is 16.0. The summed E-state index contributed by atoms with van der Waals surface area (Å²) in [5, 5.41) is 6.49. The first-order valence-electron chi connectivity index (χ1n) is 7.84. The minimum Gasteiger partial charge on any atom is -0.365 e. The molecule has 1 heterocycles. The van der Waals surface area contributed by atoms with Gasteiger partial charge in [0.2, 0.25) is 0 Å². The van der Waals surface area contributed by atoms with Crippen LogP contribution in [0.25, 0.3) is 0 Å². The van der Waals surface area contributed by atoms with Gasteiger partial charge >= 0.3 is 0 Å². The van der Waals surface area contributed by atoms with Gasteiger partial charge in [-0.1, -0.05) is 13.8 Å². The number of rotatable bonds is 7. The van der Waals surface area contributed by atoms with Gasteiger partial charge in [-0.2, -0.15) is 0 Å². The van der Waals surface area contributed by atoms with Crippen LogP contribution in [-0.4, -0.2) is 16.6 Å². The fourth-order valence-corrected chi connectivity index (χ4v) is 1.97. The first kappa shape index (κ1) is 17.9. The van der Waals surface area contributed by atoms with Crippen LogP contribution >= 0.6 is 0 Å². The van der Waals surface area contributed by atoms with Gasteiger partial charge in [-0.25, -0.2) is 9.37 Å². The minimum absolute atomic E-state index is 0.0339. The van der Waals surface area contributed by atoms with E-state index >= 15 is 0 Å². The van der Waals surface area contributed by atoms with E-state index in [1.807, 2.05) is 0 Å². The Balaban J connectivity index is 2.67. The molecule has 0 bridgehead atoms. The Morgan fingerprint density at radius 1 is 1.19 bits per heavy atom. The van der Waals surface area contributed by atoms with Crippen molar-refractivity contribution in [2.75, 3.05) is 5.32 Å². The lowest BCUT2D eigenvalue weighted by Gasteiger charge is -2.21. The monoisotopic (exact) mass is 295 g/mol. The maximum Gasteiger partial charge on any atom is 0.169 e. The van der Waals surface area contributed by atoms with E-state index in [2.05, 4.69) is 57.2 Å². The van der Waals surface area contributed by atoms with E-state index in [9.17, 15) is 4.39 Å². The van der Waals surface area contributed by atoms with Crippen LogP contribution in [0.4, 0.5) is 10.2 Å². The van der Waals surface area contributed by atoms with Gasteiger partial charge in [-0.05, 0) is 52.5 Å². The summed E-state index contributed by atoms with van der Waals surface area (Å²) >= 11 is 0. The van der Waals surface area contributed by atoms with Gasteiger partial charge in [0.25, 0.3) is 0 Å². The Kier molecular flexibility index (Phi) is 6.59. The van der Waals surface area contributed by atoms with Crippen LogP contribution < -0.4 is 10.6 Å². The highest BCUT2D eigenvalue weighted by Crippen LogP contribution is 2.18. The van der Waals surface area contributed by atoms with E-state index in [4.69, 9.17) is 0 Å². The summed E-state index contributed by atoms with van der Waals surface area (Å²) in [4.78, 5) is 4.14. The van der Waals surface area contributed by atoms with Gasteiger partial charge in [0.1, 0.15) is 0 Å². The molecule has 0 aliphatic rings. The summed E-state index contributed by atoms with van der Waals surface area (Å²) in [6.45, 7) is 13.2. The van der Waals surface area contributed by atoms with Gasteiger partial charge in [-0.3, -0.25) is 0 Å². The maximum absolute atomic E-state index is 14.4. The van der Waals surface area contributed by atoms with Crippen molar-refractivity contribution in [2.45, 2.75) is 72.5 Å². The van der Waals surface area contributed by atoms with Crippen molar-refractivity contribution in [3.63, 3.8) is 0 Å². The largest absolute Gasteiger partial charge is 0.365 e. The van der Waals surface area contributed by atoms with Crippen LogP contribution in [-0.2, 0) is 6.54 Å². The molecule has 0 radical (unpaired) electrons. The Morgan fingerprint density at radius 2 is 1.86 bits per heavy atom. The first-order valence-corrected chi connectivity index (χ1v) is 7.84. The average molecular weight is 295 g/mol. The van der Waals surface area contributed by atoms with Crippen LogP contribution in [0.3, 0.4) is 0 Å². The van der Waals surface area contributed by atoms with Crippen molar-refractivity contribution in [1.82, 2.24) is 10.3 Å². The van der Waals surface area contributed by atoms with E-state index in [1.54, 1.807) is 12.3 Å². The molecule has 0 aliphatic heterocycles. The molecule has 1 atom stereocenters. The number of halogens is 1. The molecule has 2 N–H and O–H groups in total. The van der Waals surface area contributed by atoms with Crippen molar-refractivity contribution in [3.05, 3.63) is 23.6 Å². The van der Waals surface area contributed by atoms with E-state index < -0.39 is 0 Å². The number of hydrogen-bond acceptors (Lipinski definition) is 3. The van der Waals surface area contributed by atoms with Crippen molar-refractivity contribution in [2.24, 2.45) is 5.92 Å². The molecule has 1 unspecified atom stereocenters. The van der Waals surface area contributed by atoms with E-state index in [0.29, 0.717) is 23.8 Å². The lowest BCUT2D eigenvalue weighted by atomic mass is 10.0. The molecule has 0 spiro atoms. The Hall–Kier alpha value is -1.16. The molecule has 0 saturated heterocycles. The molecular weight excluding hydrogens is 265 g/mol. The molecule has 0 aliphatic carbocycles. The topological polar surface area (TPSA) is 37.0 Å². The molecule has 1 aromatic rings. The van der Waals surface area contributed by atoms with Gasteiger partial charge in [-0.15, -0.1) is 0 Å². The Morgan fingerprint density at radius 3 is 2.43 bits per heavy atom. The number of pyridine rings is 1. The number of anilines is 1. The Bertz CT molecular complexity index is 438. The number of nitrogens with one attached hydrogen (secondary N) is 2. The third-order valence-electron chi connectivity index (χ3n) is 3.34. The van der Waals surface area contributed by atoms with E-state index in [-0.39, 0.29) is 17.4 Å². The predicted octanol–water partition coefficient (Wildman–Crippen LogP) is 4.35. The van der Waals surface area contributed by atoms with Crippen LogP contribution in [0.1, 0.15) is 59.9 Å². The van der Waals surface area contributed by atoms with E-state index in [0.717, 1.165) is 12.8 Å². The molecule has 1 rings (SSSR count). The summed E-state index contributed by atoms with van der Waals surface area (Å²) in [6, 6.07) is 1.96. The highest BCUT2D eigenvalue weighted by Gasteiger charge is 2.14. The lowest BCUT2D eigenvalue weighted by Crippen LogP contribution is -2.35. The molecule has 1 aromatic heterocycles. The molecule has 0 amide bonds. The molecule has 21 heavy (non-hydrogen) atoms. The number of nitrogens with zero attached hydrogens (tertiary/aromatic N) is 1. The lowest BCUT2D eigenvalue weighted by molar-refractivity contribution is 0.418. The van der Waals surface area contributed by atoms with Gasteiger partial charge in [0.05, 0.1) is 0 Å². The van der Waals surface area contributed by atoms with Crippen molar-refractivity contribution < 1.29 is 4.39 Å². The molecule has 3 nitrogen and oxygen atoms in total. The summed E-state index contributed by atoms with van der Waals surface area (Å²) in [7, 11) is 0. The Labute approximate surface area is 128 Å². The molecule has 0 saturated carbocycles. The molecule has 120 valence electrons. The highest BCUT2D eigenvalue weighted by atomic mass is 19.1. The van der Waals surface area contributed by atoms with E-state index in [1.165, 1.54) is 0 Å². The second-order valence-electron chi connectivity index (χ2n) is 7.25. The molecule has 0 fully saturated rings. The number of hydrogen-bond donors (Lipinski definition) is 2. The molecule has 4 heteroatoms. The zero-order valence-electron chi connectivity index (χ0n) is 14.3. The second kappa shape index (κ2) is 7.74. The summed E-state index contributed by atoms with van der Waals surface area (Å²) in [6.07, 6.45) is 3.81. The summed E-state index contributed by atoms with van der Waals surface area (Å²) in [5.41, 5.74) is 0.618. The van der Waals surface area contributed by atoms with Gasteiger partial charge < -0.3 is 10.6 Å². The maximum atomic E-state index is 14.4. The summed E-state index contributed by atoms with van der Waals surface area (Å²) < 4.78 is 14.4. The smallest absolute Gasteiger partial charge is 0.169 e. The van der Waals surface area contributed by atoms with Crippen LogP contribution in [0.2, 0.25) is 0 Å². The third kappa shape index (κ3) is 6.89. The van der Waals surface area contributed by atoms with Crippen LogP contribution in [0.15, 0.2) is 12.3 Å². The average Bonchev–Trinajstić information content (AvgIpc) is 2.36. The van der Waals surface area contributed by atoms with Crippen molar-refractivity contribution in [3.8, 4) is 0 Å². The molecular formula is C17H30FN3. The minimum atomic E-state index is -0.245. The van der Waals surface area contributed by atoms with Crippen LogP contribution in [0, 0.1) is 11.7 Å². The summed E-state index contributed by atoms with van der Waals surface area (Å²) in [5.74, 6) is 0.777. The third-order valence-corrected chi connectivity index (χ3v) is 3.34. The second-order valence-corrected chi connectivity index (χ2v) is 7.25. The first-order chi connectivity index (χ1) is 9.69. The fourth-order valence-electron chi connectivity index (χ4n) is 1.97. The fraction of sp³-hybridized carbons (Fsp3) is 0.706. The van der Waals surface area contributed by atoms with Gasteiger partial charge in [0.15, 0.2) is 11.6 Å². The van der Waals surface area contributed by atoms with Crippen molar-refractivity contribution in [1.29, 1.82) is 0 Å². The quantitative estimate of drug-likeness (QED) is 0.785. The van der Waals surface area contributed by atoms with Gasteiger partial charge in [0, 0.05) is 29.9 Å². The normalized spacial score (nSPS) is 13.5. The van der Waals surface area contributed by atoms with Crippen molar-refractivity contribution >= 4 is 5.82 Å².